The molecular weight excluding hydrogens is 300 g/mol. The van der Waals surface area contributed by atoms with E-state index in [1.807, 2.05) is 55.5 Å². The van der Waals surface area contributed by atoms with Gasteiger partial charge in [-0.15, -0.1) is 0 Å². The molecule has 2 aromatic carbocycles. The summed E-state index contributed by atoms with van der Waals surface area (Å²) in [6.07, 6.45) is 0. The van der Waals surface area contributed by atoms with Crippen molar-refractivity contribution in [2.24, 2.45) is 0 Å². The van der Waals surface area contributed by atoms with Gasteiger partial charge in [-0.2, -0.15) is 0 Å². The minimum Gasteiger partial charge on any atom is -0.497 e. The van der Waals surface area contributed by atoms with E-state index < -0.39 is 0 Å². The summed E-state index contributed by atoms with van der Waals surface area (Å²) in [6.45, 7) is 2.32. The third-order valence-corrected chi connectivity index (χ3v) is 3.65. The van der Waals surface area contributed by atoms with Crippen LogP contribution in [0.5, 0.6) is 5.75 Å². The standard InChI is InChI=1S/C17H19ClN2O2/c1-12(15-8-3-4-9-16(15)18)20-17(21)19-11-13-6-5-7-14(10-13)22-2/h3-10,12H,11H2,1-2H3,(H2,19,20,21). The average Bonchev–Trinajstić information content (AvgIpc) is 2.53. The van der Waals surface area contributed by atoms with Gasteiger partial charge in [-0.25, -0.2) is 4.79 Å². The Balaban J connectivity index is 1.89. The summed E-state index contributed by atoms with van der Waals surface area (Å²) in [5, 5.41) is 6.33. The van der Waals surface area contributed by atoms with Crippen LogP contribution in [0, 0.1) is 0 Å². The van der Waals surface area contributed by atoms with Gasteiger partial charge in [-0.3, -0.25) is 0 Å². The van der Waals surface area contributed by atoms with E-state index in [9.17, 15) is 4.79 Å². The molecule has 0 spiro atoms. The molecule has 4 nitrogen and oxygen atoms in total. The Labute approximate surface area is 135 Å². The Morgan fingerprint density at radius 3 is 2.73 bits per heavy atom. The molecule has 0 aliphatic heterocycles. The van der Waals surface area contributed by atoms with Crippen molar-refractivity contribution in [3.8, 4) is 5.75 Å². The van der Waals surface area contributed by atoms with E-state index in [1.165, 1.54) is 0 Å². The molecule has 22 heavy (non-hydrogen) atoms. The van der Waals surface area contributed by atoms with Gasteiger partial charge in [0.15, 0.2) is 0 Å². The Kier molecular flexibility index (Phi) is 5.67. The molecule has 116 valence electrons. The second-order valence-corrected chi connectivity index (χ2v) is 5.33. The van der Waals surface area contributed by atoms with Crippen molar-refractivity contribution in [3.63, 3.8) is 0 Å². The molecule has 0 saturated heterocycles. The molecule has 0 bridgehead atoms. The van der Waals surface area contributed by atoms with E-state index in [2.05, 4.69) is 10.6 Å². The zero-order valence-electron chi connectivity index (χ0n) is 12.6. The number of nitrogens with one attached hydrogen (secondary N) is 2. The summed E-state index contributed by atoms with van der Waals surface area (Å²) >= 11 is 6.12. The molecule has 0 fully saturated rings. The lowest BCUT2D eigenvalue weighted by Crippen LogP contribution is -2.36. The molecule has 1 unspecified atom stereocenters. The molecule has 1 atom stereocenters. The number of halogens is 1. The van der Waals surface area contributed by atoms with Crippen molar-refractivity contribution in [1.29, 1.82) is 0 Å². The predicted molar refractivity (Wildman–Crippen MR) is 88.2 cm³/mol. The van der Waals surface area contributed by atoms with Crippen molar-refractivity contribution in [3.05, 3.63) is 64.7 Å². The smallest absolute Gasteiger partial charge is 0.315 e. The number of carbonyl (C=O) groups is 1. The van der Waals surface area contributed by atoms with Crippen LogP contribution >= 0.6 is 11.6 Å². The van der Waals surface area contributed by atoms with E-state index >= 15 is 0 Å². The highest BCUT2D eigenvalue weighted by Crippen LogP contribution is 2.21. The van der Waals surface area contributed by atoms with E-state index in [-0.39, 0.29) is 12.1 Å². The number of ether oxygens (including phenoxy) is 1. The number of hydrogen-bond acceptors (Lipinski definition) is 2. The van der Waals surface area contributed by atoms with Crippen molar-refractivity contribution < 1.29 is 9.53 Å². The summed E-state index contributed by atoms with van der Waals surface area (Å²) in [5.74, 6) is 0.768. The summed E-state index contributed by atoms with van der Waals surface area (Å²) in [7, 11) is 1.62. The van der Waals surface area contributed by atoms with Crippen LogP contribution in [0.2, 0.25) is 5.02 Å². The number of urea groups is 1. The largest absolute Gasteiger partial charge is 0.497 e. The maximum Gasteiger partial charge on any atom is 0.315 e. The monoisotopic (exact) mass is 318 g/mol. The van der Waals surface area contributed by atoms with Crippen LogP contribution in [0.25, 0.3) is 0 Å². The lowest BCUT2D eigenvalue weighted by Gasteiger charge is -2.16. The first-order valence-electron chi connectivity index (χ1n) is 7.02. The van der Waals surface area contributed by atoms with Crippen LogP contribution in [0.3, 0.4) is 0 Å². The molecule has 0 heterocycles. The van der Waals surface area contributed by atoms with Gasteiger partial charge in [-0.1, -0.05) is 41.9 Å². The first-order valence-corrected chi connectivity index (χ1v) is 7.39. The second-order valence-electron chi connectivity index (χ2n) is 4.92. The summed E-state index contributed by atoms with van der Waals surface area (Å²) in [6, 6.07) is 14.6. The van der Waals surface area contributed by atoms with Crippen molar-refractivity contribution in [1.82, 2.24) is 10.6 Å². The summed E-state index contributed by atoms with van der Waals surface area (Å²) in [5.41, 5.74) is 1.86. The van der Waals surface area contributed by atoms with Crippen molar-refractivity contribution in [2.45, 2.75) is 19.5 Å². The quantitative estimate of drug-likeness (QED) is 0.878. The van der Waals surface area contributed by atoms with Crippen LogP contribution in [0.15, 0.2) is 48.5 Å². The first kappa shape index (κ1) is 16.2. The van der Waals surface area contributed by atoms with Crippen molar-refractivity contribution >= 4 is 17.6 Å². The number of benzene rings is 2. The van der Waals surface area contributed by atoms with Gasteiger partial charge >= 0.3 is 6.03 Å². The maximum atomic E-state index is 12.0. The number of methoxy groups -OCH3 is 1. The molecule has 2 aromatic rings. The number of carbonyl (C=O) groups excluding carboxylic acids is 1. The van der Waals surface area contributed by atoms with Gasteiger partial charge in [0.2, 0.25) is 0 Å². The zero-order chi connectivity index (χ0) is 15.9. The summed E-state index contributed by atoms with van der Waals surface area (Å²) in [4.78, 5) is 12.0. The molecule has 0 aromatic heterocycles. The van der Waals surface area contributed by atoms with Crippen molar-refractivity contribution in [2.75, 3.05) is 7.11 Å². The highest BCUT2D eigenvalue weighted by molar-refractivity contribution is 6.31. The molecule has 2 rings (SSSR count). The topological polar surface area (TPSA) is 50.4 Å². The van der Waals surface area contributed by atoms with Crippen LogP contribution < -0.4 is 15.4 Å². The first-order chi connectivity index (χ1) is 10.6. The highest BCUT2D eigenvalue weighted by Gasteiger charge is 2.11. The van der Waals surface area contributed by atoms with E-state index in [0.717, 1.165) is 16.9 Å². The predicted octanol–water partition coefficient (Wildman–Crippen LogP) is 3.91. The number of rotatable bonds is 5. The minimum atomic E-state index is -0.241. The lowest BCUT2D eigenvalue weighted by molar-refractivity contribution is 0.237. The van der Waals surface area contributed by atoms with E-state index in [0.29, 0.717) is 11.6 Å². The van der Waals surface area contributed by atoms with Crippen LogP contribution in [0.1, 0.15) is 24.1 Å². The fourth-order valence-corrected chi connectivity index (χ4v) is 2.42. The van der Waals surface area contributed by atoms with Crippen LogP contribution in [0.4, 0.5) is 4.79 Å². The third-order valence-electron chi connectivity index (χ3n) is 3.31. The van der Waals surface area contributed by atoms with Gasteiger partial charge < -0.3 is 15.4 Å². The van der Waals surface area contributed by atoms with E-state index in [1.54, 1.807) is 7.11 Å². The van der Waals surface area contributed by atoms with E-state index in [4.69, 9.17) is 16.3 Å². The van der Waals surface area contributed by atoms with Gasteiger partial charge in [0.25, 0.3) is 0 Å². The second kappa shape index (κ2) is 7.71. The Hall–Kier alpha value is -2.20. The molecule has 0 saturated carbocycles. The molecule has 0 aliphatic carbocycles. The van der Waals surface area contributed by atoms with Crippen LogP contribution in [-0.2, 0) is 6.54 Å². The third kappa shape index (κ3) is 4.40. The van der Waals surface area contributed by atoms with Gasteiger partial charge in [0, 0.05) is 11.6 Å². The lowest BCUT2D eigenvalue weighted by atomic mass is 10.1. The van der Waals surface area contributed by atoms with Gasteiger partial charge in [-0.05, 0) is 36.2 Å². The molecule has 0 aliphatic rings. The SMILES string of the molecule is COc1cccc(CNC(=O)NC(C)c2ccccc2Cl)c1. The molecule has 0 radical (unpaired) electrons. The Morgan fingerprint density at radius 1 is 1.23 bits per heavy atom. The fraction of sp³-hybridized carbons (Fsp3) is 0.235. The summed E-state index contributed by atoms with van der Waals surface area (Å²) < 4.78 is 5.15. The van der Waals surface area contributed by atoms with Crippen LogP contribution in [-0.4, -0.2) is 13.1 Å². The molecule has 2 N–H and O–H groups in total. The molecular formula is C17H19ClN2O2. The van der Waals surface area contributed by atoms with Gasteiger partial charge in [0.05, 0.1) is 13.2 Å². The average molecular weight is 319 g/mol. The Bertz CT molecular complexity index is 646. The Morgan fingerprint density at radius 2 is 2.00 bits per heavy atom. The highest BCUT2D eigenvalue weighted by atomic mass is 35.5. The fourth-order valence-electron chi connectivity index (χ4n) is 2.12. The minimum absolute atomic E-state index is 0.168. The number of hydrogen-bond donors (Lipinski definition) is 2. The zero-order valence-corrected chi connectivity index (χ0v) is 13.4. The molecule has 5 heteroatoms. The maximum absolute atomic E-state index is 12.0. The normalized spacial score (nSPS) is 11.6. The van der Waals surface area contributed by atoms with Gasteiger partial charge in [0.1, 0.15) is 5.75 Å². The molecule has 2 amide bonds. The number of amides is 2.